The van der Waals surface area contributed by atoms with E-state index in [4.69, 9.17) is 12.2 Å². The van der Waals surface area contributed by atoms with Gasteiger partial charge in [0.1, 0.15) is 6.04 Å². The van der Waals surface area contributed by atoms with E-state index in [0.717, 1.165) is 19.3 Å². The third kappa shape index (κ3) is 5.98. The molecule has 2 atom stereocenters. The Labute approximate surface area is 160 Å². The maximum atomic E-state index is 12.6. The first-order valence-corrected chi connectivity index (χ1v) is 9.64. The molecule has 0 radical (unpaired) electrons. The Bertz CT molecular complexity index is 617. The number of amides is 2. The summed E-state index contributed by atoms with van der Waals surface area (Å²) >= 11 is 5.23. The van der Waals surface area contributed by atoms with Gasteiger partial charge in [-0.1, -0.05) is 51.3 Å². The Morgan fingerprint density at radius 3 is 2.42 bits per heavy atom. The predicted octanol–water partition coefficient (Wildman–Crippen LogP) is 2.27. The van der Waals surface area contributed by atoms with Crippen molar-refractivity contribution < 1.29 is 9.59 Å². The van der Waals surface area contributed by atoms with E-state index in [1.807, 2.05) is 19.9 Å². The molecule has 0 spiro atoms. The van der Waals surface area contributed by atoms with Crippen LogP contribution in [0.3, 0.4) is 0 Å². The standard InChI is InChI=1S/C19H28N4O2S/c1-3-13(2)16(21-17(24)14-9-5-4-6-10-14)18(25)22-23-19(26)20-15-11-7-8-12-15/h4-6,9-10,13,15-16H,3,7-8,11-12H2,1-2H3,(H,21,24)(H,22,25)(H2,20,23,26)/t13-,16-/m0/s1. The number of rotatable bonds is 6. The molecule has 1 saturated carbocycles. The molecule has 0 bridgehead atoms. The van der Waals surface area contributed by atoms with Gasteiger partial charge in [-0.3, -0.25) is 20.4 Å². The van der Waals surface area contributed by atoms with Crippen molar-refractivity contribution in [2.24, 2.45) is 5.92 Å². The summed E-state index contributed by atoms with van der Waals surface area (Å²) in [6, 6.07) is 8.60. The number of hydrogen-bond donors (Lipinski definition) is 4. The lowest BCUT2D eigenvalue weighted by molar-refractivity contribution is -0.124. The van der Waals surface area contributed by atoms with Crippen LogP contribution in [-0.2, 0) is 4.79 Å². The molecular weight excluding hydrogens is 348 g/mol. The van der Waals surface area contributed by atoms with Gasteiger partial charge in [-0.25, -0.2) is 0 Å². The number of carbonyl (C=O) groups excluding carboxylic acids is 2. The molecule has 26 heavy (non-hydrogen) atoms. The molecule has 1 aliphatic carbocycles. The number of hydrazine groups is 1. The summed E-state index contributed by atoms with van der Waals surface area (Å²) in [6.45, 7) is 3.92. The zero-order valence-corrected chi connectivity index (χ0v) is 16.2. The molecule has 1 aromatic carbocycles. The van der Waals surface area contributed by atoms with Crippen molar-refractivity contribution in [1.82, 2.24) is 21.5 Å². The summed E-state index contributed by atoms with van der Waals surface area (Å²) in [6.07, 6.45) is 5.36. The average molecular weight is 377 g/mol. The Morgan fingerprint density at radius 2 is 1.81 bits per heavy atom. The second kappa shape index (κ2) is 10.1. The molecule has 1 fully saturated rings. The lowest BCUT2D eigenvalue weighted by Crippen LogP contribution is -2.56. The molecule has 2 amide bonds. The molecule has 6 nitrogen and oxygen atoms in total. The van der Waals surface area contributed by atoms with E-state index in [1.165, 1.54) is 12.8 Å². The lowest BCUT2D eigenvalue weighted by atomic mass is 9.98. The van der Waals surface area contributed by atoms with E-state index in [2.05, 4.69) is 21.5 Å². The molecule has 7 heteroatoms. The maximum absolute atomic E-state index is 12.6. The van der Waals surface area contributed by atoms with Crippen molar-refractivity contribution in [2.45, 2.75) is 58.0 Å². The Hall–Kier alpha value is -2.15. The van der Waals surface area contributed by atoms with Gasteiger partial charge < -0.3 is 10.6 Å². The fourth-order valence-electron chi connectivity index (χ4n) is 3.00. The van der Waals surface area contributed by atoms with Crippen LogP contribution in [0, 0.1) is 5.92 Å². The minimum absolute atomic E-state index is 0.0131. The number of thiocarbonyl (C=S) groups is 1. The van der Waals surface area contributed by atoms with Gasteiger partial charge in [0.25, 0.3) is 11.8 Å². The summed E-state index contributed by atoms with van der Waals surface area (Å²) in [7, 11) is 0. The van der Waals surface area contributed by atoms with Gasteiger partial charge in [0, 0.05) is 11.6 Å². The minimum atomic E-state index is -0.644. The summed E-state index contributed by atoms with van der Waals surface area (Å²) in [5.41, 5.74) is 5.90. The van der Waals surface area contributed by atoms with Gasteiger partial charge in [0.2, 0.25) is 0 Å². The van der Waals surface area contributed by atoms with Gasteiger partial charge in [-0.15, -0.1) is 0 Å². The highest BCUT2D eigenvalue weighted by Crippen LogP contribution is 2.17. The number of carbonyl (C=O) groups is 2. The summed E-state index contributed by atoms with van der Waals surface area (Å²) in [5, 5.41) is 6.43. The van der Waals surface area contributed by atoms with E-state index in [-0.39, 0.29) is 17.7 Å². The number of nitrogens with one attached hydrogen (secondary N) is 4. The van der Waals surface area contributed by atoms with Crippen molar-refractivity contribution in [3.05, 3.63) is 35.9 Å². The number of hydrogen-bond acceptors (Lipinski definition) is 3. The molecule has 0 unspecified atom stereocenters. The number of benzene rings is 1. The van der Waals surface area contributed by atoms with Gasteiger partial charge in [-0.2, -0.15) is 0 Å². The molecule has 0 saturated heterocycles. The Balaban J connectivity index is 1.89. The second-order valence-electron chi connectivity index (χ2n) is 6.77. The molecule has 1 aromatic rings. The van der Waals surface area contributed by atoms with Crippen molar-refractivity contribution >= 4 is 29.1 Å². The molecule has 4 N–H and O–H groups in total. The monoisotopic (exact) mass is 376 g/mol. The van der Waals surface area contributed by atoms with Crippen molar-refractivity contribution in [3.8, 4) is 0 Å². The maximum Gasteiger partial charge on any atom is 0.261 e. The van der Waals surface area contributed by atoms with Crippen LogP contribution in [0.25, 0.3) is 0 Å². The first-order chi connectivity index (χ1) is 12.5. The van der Waals surface area contributed by atoms with Gasteiger partial charge in [-0.05, 0) is 43.1 Å². The van der Waals surface area contributed by atoms with Crippen LogP contribution in [0.2, 0.25) is 0 Å². The van der Waals surface area contributed by atoms with E-state index in [9.17, 15) is 9.59 Å². The third-order valence-corrected chi connectivity index (χ3v) is 5.03. The van der Waals surface area contributed by atoms with Crippen LogP contribution >= 0.6 is 12.2 Å². The summed E-state index contributed by atoms with van der Waals surface area (Å²) < 4.78 is 0. The predicted molar refractivity (Wildman–Crippen MR) is 106 cm³/mol. The van der Waals surface area contributed by atoms with Crippen LogP contribution in [0.5, 0.6) is 0 Å². The van der Waals surface area contributed by atoms with Crippen molar-refractivity contribution in [3.63, 3.8) is 0 Å². The molecule has 2 rings (SSSR count). The lowest BCUT2D eigenvalue weighted by Gasteiger charge is -2.24. The quantitative estimate of drug-likeness (QED) is 0.452. The first kappa shape index (κ1) is 20.2. The normalized spacial score (nSPS) is 16.4. The largest absolute Gasteiger partial charge is 0.359 e. The Kier molecular flexibility index (Phi) is 7.84. The highest BCUT2D eigenvalue weighted by atomic mass is 32.1. The average Bonchev–Trinajstić information content (AvgIpc) is 3.17. The Morgan fingerprint density at radius 1 is 1.15 bits per heavy atom. The fourth-order valence-corrected chi connectivity index (χ4v) is 3.22. The topological polar surface area (TPSA) is 82.3 Å². The zero-order valence-electron chi connectivity index (χ0n) is 15.4. The smallest absolute Gasteiger partial charge is 0.261 e. The van der Waals surface area contributed by atoms with E-state index >= 15 is 0 Å². The molecule has 0 heterocycles. The third-order valence-electron chi connectivity index (χ3n) is 4.81. The van der Waals surface area contributed by atoms with Crippen LogP contribution in [0.1, 0.15) is 56.3 Å². The zero-order chi connectivity index (χ0) is 18.9. The molecule has 0 aromatic heterocycles. The summed E-state index contributed by atoms with van der Waals surface area (Å²) in [4.78, 5) is 25.0. The van der Waals surface area contributed by atoms with Crippen LogP contribution in [0.4, 0.5) is 0 Å². The van der Waals surface area contributed by atoms with Crippen LogP contribution in [0.15, 0.2) is 30.3 Å². The van der Waals surface area contributed by atoms with E-state index in [1.54, 1.807) is 24.3 Å². The van der Waals surface area contributed by atoms with E-state index in [0.29, 0.717) is 16.7 Å². The van der Waals surface area contributed by atoms with Gasteiger partial charge in [0.05, 0.1) is 0 Å². The fraction of sp³-hybridized carbons (Fsp3) is 0.526. The molecule has 0 aliphatic heterocycles. The second-order valence-corrected chi connectivity index (χ2v) is 7.18. The van der Waals surface area contributed by atoms with Crippen LogP contribution < -0.4 is 21.5 Å². The van der Waals surface area contributed by atoms with E-state index < -0.39 is 6.04 Å². The van der Waals surface area contributed by atoms with Crippen LogP contribution in [-0.4, -0.2) is 29.0 Å². The van der Waals surface area contributed by atoms with Gasteiger partial charge in [0.15, 0.2) is 5.11 Å². The molecule has 142 valence electrons. The first-order valence-electron chi connectivity index (χ1n) is 9.23. The van der Waals surface area contributed by atoms with Crippen molar-refractivity contribution in [1.29, 1.82) is 0 Å². The minimum Gasteiger partial charge on any atom is -0.359 e. The highest BCUT2D eigenvalue weighted by Gasteiger charge is 2.26. The SMILES string of the molecule is CC[C@H](C)[C@H](NC(=O)c1ccccc1)C(=O)NNC(=S)NC1CCCC1. The molecule has 1 aliphatic rings. The summed E-state index contributed by atoms with van der Waals surface area (Å²) in [5.74, 6) is -0.585. The highest BCUT2D eigenvalue weighted by molar-refractivity contribution is 7.80. The van der Waals surface area contributed by atoms with Gasteiger partial charge >= 0.3 is 0 Å². The molecular formula is C19H28N4O2S. The van der Waals surface area contributed by atoms with Crippen molar-refractivity contribution in [2.75, 3.05) is 0 Å².